The Bertz CT molecular complexity index is 142. The average Bonchev–Trinajstić information content (AvgIpc) is 2.43. The molecule has 0 saturated heterocycles. The molecule has 0 aliphatic heterocycles. The fourth-order valence-electron chi connectivity index (χ4n) is 1.39. The second-order valence-corrected chi connectivity index (χ2v) is 4.26. The van der Waals surface area contributed by atoms with Gasteiger partial charge in [-0.1, -0.05) is 19.8 Å². The van der Waals surface area contributed by atoms with Gasteiger partial charge in [0.05, 0.1) is 46.2 Å². The topological polar surface area (TPSA) is 49.0 Å². The molecule has 0 heterocycles. The second-order valence-electron chi connectivity index (χ2n) is 4.26. The Hall–Kier alpha value is -0.200. The van der Waals surface area contributed by atoms with Crippen LogP contribution in [0.25, 0.3) is 0 Å². The number of ether oxygens (including phenoxy) is 4. The van der Waals surface area contributed by atoms with Crippen LogP contribution < -0.4 is 5.32 Å². The van der Waals surface area contributed by atoms with Crippen LogP contribution in [0, 0.1) is 0 Å². The first-order chi connectivity index (χ1) is 9.41. The summed E-state index contributed by atoms with van der Waals surface area (Å²) in [5, 5.41) is 3.02. The highest BCUT2D eigenvalue weighted by Gasteiger charge is 1.92. The number of rotatable bonds is 16. The minimum absolute atomic E-state index is 0.616. The van der Waals surface area contributed by atoms with Gasteiger partial charge in [0, 0.05) is 13.2 Å². The fraction of sp³-hybridized carbons (Fsp3) is 1.00. The summed E-state index contributed by atoms with van der Waals surface area (Å²) in [5.74, 6) is 0. The van der Waals surface area contributed by atoms with Gasteiger partial charge >= 0.3 is 0 Å². The van der Waals surface area contributed by atoms with Crippen molar-refractivity contribution >= 4 is 0 Å². The Balaban J connectivity index is 2.88. The van der Waals surface area contributed by atoms with Gasteiger partial charge in [0.2, 0.25) is 0 Å². The van der Waals surface area contributed by atoms with Crippen molar-refractivity contribution in [2.75, 3.05) is 66.4 Å². The maximum absolute atomic E-state index is 5.43. The summed E-state index contributed by atoms with van der Waals surface area (Å²) in [6.07, 6.45) is 3.62. The van der Waals surface area contributed by atoms with Gasteiger partial charge in [-0.2, -0.15) is 0 Å². The highest BCUT2D eigenvalue weighted by Crippen LogP contribution is 1.93. The van der Waals surface area contributed by atoms with Crippen molar-refractivity contribution in [2.24, 2.45) is 0 Å². The number of hydrogen-bond acceptors (Lipinski definition) is 5. The largest absolute Gasteiger partial charge is 0.379 e. The van der Waals surface area contributed by atoms with Crippen LogP contribution in [0.4, 0.5) is 0 Å². The third-order valence-electron chi connectivity index (χ3n) is 2.50. The Labute approximate surface area is 117 Å². The molecule has 0 aromatic rings. The van der Waals surface area contributed by atoms with Crippen molar-refractivity contribution < 1.29 is 18.9 Å². The predicted octanol–water partition coefficient (Wildman–Crippen LogP) is 1.46. The van der Waals surface area contributed by atoms with Gasteiger partial charge in [0.1, 0.15) is 0 Å². The van der Waals surface area contributed by atoms with E-state index in [1.807, 2.05) is 7.05 Å². The molecule has 0 bridgehead atoms. The maximum atomic E-state index is 5.43. The van der Waals surface area contributed by atoms with E-state index in [4.69, 9.17) is 18.9 Å². The van der Waals surface area contributed by atoms with Gasteiger partial charge in [0.25, 0.3) is 0 Å². The van der Waals surface area contributed by atoms with Crippen molar-refractivity contribution in [3.8, 4) is 0 Å². The number of nitrogens with one attached hydrogen (secondary N) is 1. The van der Waals surface area contributed by atoms with Crippen LogP contribution in [0.15, 0.2) is 0 Å². The maximum Gasteiger partial charge on any atom is 0.0701 e. The summed E-state index contributed by atoms with van der Waals surface area (Å²) in [4.78, 5) is 0. The molecule has 5 nitrogen and oxygen atoms in total. The minimum Gasteiger partial charge on any atom is -0.379 e. The lowest BCUT2D eigenvalue weighted by molar-refractivity contribution is -0.00167. The predicted molar refractivity (Wildman–Crippen MR) is 76.7 cm³/mol. The first-order valence-corrected chi connectivity index (χ1v) is 7.37. The average molecular weight is 277 g/mol. The number of unbranched alkanes of at least 4 members (excludes halogenated alkanes) is 2. The van der Waals surface area contributed by atoms with Crippen LogP contribution in [0.1, 0.15) is 26.2 Å². The third-order valence-corrected chi connectivity index (χ3v) is 2.50. The van der Waals surface area contributed by atoms with E-state index in [-0.39, 0.29) is 0 Å². The normalized spacial score (nSPS) is 11.1. The molecule has 0 aliphatic rings. The van der Waals surface area contributed by atoms with Crippen LogP contribution in [-0.2, 0) is 18.9 Å². The molecule has 1 N–H and O–H groups in total. The summed E-state index contributed by atoms with van der Waals surface area (Å²) in [5.41, 5.74) is 0. The first-order valence-electron chi connectivity index (χ1n) is 7.37. The van der Waals surface area contributed by atoms with Gasteiger partial charge in [0.15, 0.2) is 0 Å². The van der Waals surface area contributed by atoms with Crippen LogP contribution in [0.5, 0.6) is 0 Å². The standard InChI is InChI=1S/C14H31NO4/c1-3-4-5-7-16-9-11-18-13-14-19-12-10-17-8-6-15-2/h15H,3-14H2,1-2H3. The molecule has 0 saturated carbocycles. The molecular weight excluding hydrogens is 246 g/mol. The Morgan fingerprint density at radius 2 is 1.11 bits per heavy atom. The van der Waals surface area contributed by atoms with Crippen LogP contribution in [-0.4, -0.2) is 66.4 Å². The minimum atomic E-state index is 0.616. The Morgan fingerprint density at radius 1 is 0.632 bits per heavy atom. The number of likely N-dealkylation sites (N-methyl/N-ethyl adjacent to an activating group) is 1. The molecule has 0 radical (unpaired) electrons. The summed E-state index contributed by atoms with van der Waals surface area (Å²) in [7, 11) is 1.91. The van der Waals surface area contributed by atoms with Crippen molar-refractivity contribution in [2.45, 2.75) is 26.2 Å². The second kappa shape index (κ2) is 17.8. The molecule has 0 aromatic heterocycles. The smallest absolute Gasteiger partial charge is 0.0701 e. The fourth-order valence-corrected chi connectivity index (χ4v) is 1.39. The van der Waals surface area contributed by atoms with E-state index >= 15 is 0 Å². The molecule has 0 rings (SSSR count). The molecule has 0 amide bonds. The molecule has 0 aliphatic carbocycles. The lowest BCUT2D eigenvalue weighted by Crippen LogP contribution is -2.17. The van der Waals surface area contributed by atoms with E-state index in [0.717, 1.165) is 26.2 Å². The van der Waals surface area contributed by atoms with E-state index in [9.17, 15) is 0 Å². The molecule has 0 fully saturated rings. The van der Waals surface area contributed by atoms with Gasteiger partial charge < -0.3 is 24.3 Å². The zero-order valence-electron chi connectivity index (χ0n) is 12.6. The van der Waals surface area contributed by atoms with Gasteiger partial charge in [-0.25, -0.2) is 0 Å². The third kappa shape index (κ3) is 17.8. The van der Waals surface area contributed by atoms with Crippen LogP contribution in [0.2, 0.25) is 0 Å². The van der Waals surface area contributed by atoms with Crippen molar-refractivity contribution in [3.63, 3.8) is 0 Å². The summed E-state index contributed by atoms with van der Waals surface area (Å²) in [6, 6.07) is 0. The zero-order valence-corrected chi connectivity index (χ0v) is 12.6. The number of hydrogen-bond donors (Lipinski definition) is 1. The first kappa shape index (κ1) is 18.8. The van der Waals surface area contributed by atoms with Crippen molar-refractivity contribution in [1.82, 2.24) is 5.32 Å². The monoisotopic (exact) mass is 277 g/mol. The van der Waals surface area contributed by atoms with Gasteiger partial charge in [-0.15, -0.1) is 0 Å². The molecule has 0 atom stereocenters. The van der Waals surface area contributed by atoms with E-state index < -0.39 is 0 Å². The molecule has 19 heavy (non-hydrogen) atoms. The molecule has 116 valence electrons. The molecular formula is C14H31NO4. The van der Waals surface area contributed by atoms with E-state index in [2.05, 4.69) is 12.2 Å². The zero-order chi connectivity index (χ0) is 14.0. The lowest BCUT2D eigenvalue weighted by atomic mass is 10.3. The van der Waals surface area contributed by atoms with Crippen LogP contribution >= 0.6 is 0 Å². The van der Waals surface area contributed by atoms with Crippen molar-refractivity contribution in [1.29, 1.82) is 0 Å². The van der Waals surface area contributed by atoms with Gasteiger partial charge in [-0.3, -0.25) is 0 Å². The highest BCUT2D eigenvalue weighted by atomic mass is 16.6. The highest BCUT2D eigenvalue weighted by molar-refractivity contribution is 4.38. The van der Waals surface area contributed by atoms with Crippen molar-refractivity contribution in [3.05, 3.63) is 0 Å². The molecule has 0 spiro atoms. The van der Waals surface area contributed by atoms with Gasteiger partial charge in [-0.05, 0) is 13.5 Å². The Morgan fingerprint density at radius 3 is 1.58 bits per heavy atom. The Kier molecular flexibility index (Phi) is 17.6. The lowest BCUT2D eigenvalue weighted by Gasteiger charge is -2.07. The van der Waals surface area contributed by atoms with Crippen LogP contribution in [0.3, 0.4) is 0 Å². The summed E-state index contributed by atoms with van der Waals surface area (Å²) < 4.78 is 21.5. The summed E-state index contributed by atoms with van der Waals surface area (Å²) >= 11 is 0. The quantitative estimate of drug-likeness (QED) is 0.433. The molecule has 0 unspecified atom stereocenters. The van der Waals surface area contributed by atoms with E-state index in [0.29, 0.717) is 39.6 Å². The summed E-state index contributed by atoms with van der Waals surface area (Å²) in [6.45, 7) is 8.47. The SMILES string of the molecule is CCCCCOCCOCCOCCOCCNC. The van der Waals surface area contributed by atoms with E-state index in [1.54, 1.807) is 0 Å². The molecule has 0 aromatic carbocycles. The molecule has 5 heteroatoms. The van der Waals surface area contributed by atoms with E-state index in [1.165, 1.54) is 12.8 Å².